The van der Waals surface area contributed by atoms with E-state index in [1.807, 2.05) is 30.3 Å². The molecule has 3 aromatic rings. The normalized spacial score (nSPS) is 11.1. The van der Waals surface area contributed by atoms with Crippen LogP contribution >= 0.6 is 0 Å². The first-order valence-corrected chi connectivity index (χ1v) is 9.37. The van der Waals surface area contributed by atoms with Gasteiger partial charge in [0.2, 0.25) is 0 Å². The Labute approximate surface area is 157 Å². The predicted molar refractivity (Wildman–Crippen MR) is 99.2 cm³/mol. The molecule has 0 spiro atoms. The molecule has 0 aliphatic carbocycles. The van der Waals surface area contributed by atoms with Gasteiger partial charge in [0.25, 0.3) is 0 Å². The Morgan fingerprint density at radius 1 is 0.778 bits per heavy atom. The predicted octanol–water partition coefficient (Wildman–Crippen LogP) is 4.28. The van der Waals surface area contributed by atoms with E-state index in [-0.39, 0.29) is 17.2 Å². The molecule has 0 amide bonds. The molecule has 0 radical (unpaired) electrons. The number of benzene rings is 3. The van der Waals surface area contributed by atoms with Gasteiger partial charge >= 0.3 is 10.1 Å². The van der Waals surface area contributed by atoms with Gasteiger partial charge in [-0.2, -0.15) is 8.42 Å². The van der Waals surface area contributed by atoms with Gasteiger partial charge in [-0.05, 0) is 11.6 Å². The van der Waals surface area contributed by atoms with Crippen LogP contribution in [0, 0.1) is 5.82 Å². The second-order valence-corrected chi connectivity index (χ2v) is 7.05. The summed E-state index contributed by atoms with van der Waals surface area (Å²) in [6, 6.07) is 17.8. The first-order chi connectivity index (χ1) is 13.0. The van der Waals surface area contributed by atoms with Crippen molar-refractivity contribution in [2.75, 3.05) is 14.2 Å². The zero-order chi connectivity index (χ0) is 19.4. The van der Waals surface area contributed by atoms with E-state index in [1.165, 1.54) is 20.3 Å². The van der Waals surface area contributed by atoms with Crippen molar-refractivity contribution in [1.29, 1.82) is 0 Å². The molecule has 27 heavy (non-hydrogen) atoms. The minimum absolute atomic E-state index is 0.0809. The molecule has 0 saturated heterocycles. The molecule has 0 fully saturated rings. The van der Waals surface area contributed by atoms with E-state index in [1.54, 1.807) is 18.2 Å². The lowest BCUT2D eigenvalue weighted by molar-refractivity contribution is 0.349. The van der Waals surface area contributed by atoms with Crippen molar-refractivity contribution in [2.24, 2.45) is 0 Å². The van der Waals surface area contributed by atoms with Gasteiger partial charge < -0.3 is 13.7 Å². The average Bonchev–Trinajstić information content (AvgIpc) is 2.68. The SMILES string of the molecule is COc1cc(F)c(S(=O)(=O)Oc2ccccc2-c2ccccc2)cc1OC. The van der Waals surface area contributed by atoms with Crippen LogP contribution in [0.25, 0.3) is 11.1 Å². The van der Waals surface area contributed by atoms with Crippen LogP contribution in [0.2, 0.25) is 0 Å². The van der Waals surface area contributed by atoms with Gasteiger partial charge in [0, 0.05) is 17.7 Å². The average molecular weight is 388 g/mol. The topological polar surface area (TPSA) is 61.8 Å². The molecule has 140 valence electrons. The van der Waals surface area contributed by atoms with E-state index in [0.717, 1.165) is 17.7 Å². The quantitative estimate of drug-likeness (QED) is 0.590. The van der Waals surface area contributed by atoms with Gasteiger partial charge in [-0.15, -0.1) is 0 Å². The fourth-order valence-corrected chi connectivity index (χ4v) is 3.61. The van der Waals surface area contributed by atoms with Gasteiger partial charge in [-0.3, -0.25) is 0 Å². The first-order valence-electron chi connectivity index (χ1n) is 7.96. The molecule has 5 nitrogen and oxygen atoms in total. The van der Waals surface area contributed by atoms with Crippen LogP contribution in [-0.4, -0.2) is 22.6 Å². The maximum Gasteiger partial charge on any atom is 0.342 e. The third-order valence-electron chi connectivity index (χ3n) is 3.88. The van der Waals surface area contributed by atoms with Gasteiger partial charge in [-0.1, -0.05) is 48.5 Å². The van der Waals surface area contributed by atoms with E-state index < -0.39 is 20.8 Å². The van der Waals surface area contributed by atoms with E-state index in [9.17, 15) is 12.8 Å². The Morgan fingerprint density at radius 2 is 1.37 bits per heavy atom. The van der Waals surface area contributed by atoms with Crippen molar-refractivity contribution in [3.8, 4) is 28.4 Å². The zero-order valence-corrected chi connectivity index (χ0v) is 15.5. The van der Waals surface area contributed by atoms with Crippen molar-refractivity contribution in [2.45, 2.75) is 4.90 Å². The molecule has 0 heterocycles. The summed E-state index contributed by atoms with van der Waals surface area (Å²) in [5, 5.41) is 0. The monoisotopic (exact) mass is 388 g/mol. The summed E-state index contributed by atoms with van der Waals surface area (Å²) in [5.41, 5.74) is 1.35. The maximum atomic E-state index is 14.4. The van der Waals surface area contributed by atoms with Crippen molar-refractivity contribution in [3.63, 3.8) is 0 Å². The van der Waals surface area contributed by atoms with E-state index in [4.69, 9.17) is 13.7 Å². The lowest BCUT2D eigenvalue weighted by atomic mass is 10.1. The molecule has 0 aliphatic heterocycles. The minimum atomic E-state index is -4.44. The molecular formula is C20H17FO5S. The standard InChI is InChI=1S/C20H17FO5S/c1-24-18-12-16(21)20(13-19(18)25-2)27(22,23)26-17-11-7-6-10-15(17)14-8-4-3-5-9-14/h3-13H,1-2H3. The molecule has 0 atom stereocenters. The van der Waals surface area contributed by atoms with Gasteiger partial charge in [0.15, 0.2) is 17.2 Å². The smallest absolute Gasteiger partial charge is 0.342 e. The highest BCUT2D eigenvalue weighted by Crippen LogP contribution is 2.35. The zero-order valence-electron chi connectivity index (χ0n) is 14.7. The molecule has 3 rings (SSSR count). The number of hydrogen-bond donors (Lipinski definition) is 0. The van der Waals surface area contributed by atoms with Crippen molar-refractivity contribution in [3.05, 3.63) is 72.5 Å². The summed E-state index contributed by atoms with van der Waals surface area (Å²) in [6.45, 7) is 0. The lowest BCUT2D eigenvalue weighted by Gasteiger charge is -2.14. The second-order valence-electron chi connectivity index (χ2n) is 5.54. The Balaban J connectivity index is 2.04. The minimum Gasteiger partial charge on any atom is -0.493 e. The van der Waals surface area contributed by atoms with Crippen LogP contribution in [0.5, 0.6) is 17.2 Å². The molecule has 7 heteroatoms. The molecule has 0 aromatic heterocycles. The van der Waals surface area contributed by atoms with Gasteiger partial charge in [-0.25, -0.2) is 4.39 Å². The summed E-state index contributed by atoms with van der Waals surface area (Å²) in [5.74, 6) is -0.737. The molecule has 0 bridgehead atoms. The van der Waals surface area contributed by atoms with E-state index in [2.05, 4.69) is 0 Å². The van der Waals surface area contributed by atoms with Crippen LogP contribution < -0.4 is 13.7 Å². The third-order valence-corrected chi connectivity index (χ3v) is 5.13. The van der Waals surface area contributed by atoms with E-state index in [0.29, 0.717) is 5.56 Å². The highest BCUT2D eigenvalue weighted by Gasteiger charge is 2.25. The Kier molecular flexibility index (Phi) is 5.32. The fourth-order valence-electron chi connectivity index (χ4n) is 2.59. The van der Waals surface area contributed by atoms with Crippen LogP contribution in [0.3, 0.4) is 0 Å². The number of hydrogen-bond acceptors (Lipinski definition) is 5. The highest BCUT2D eigenvalue weighted by atomic mass is 32.2. The Morgan fingerprint density at radius 3 is 2.04 bits per heavy atom. The third kappa shape index (κ3) is 3.88. The molecule has 0 N–H and O–H groups in total. The first kappa shape index (κ1) is 18.7. The van der Waals surface area contributed by atoms with E-state index >= 15 is 0 Å². The Hall–Kier alpha value is -3.06. The largest absolute Gasteiger partial charge is 0.493 e. The molecular weight excluding hydrogens is 371 g/mol. The van der Waals surface area contributed by atoms with Crippen molar-refractivity contribution in [1.82, 2.24) is 0 Å². The van der Waals surface area contributed by atoms with Gasteiger partial charge in [0.05, 0.1) is 14.2 Å². The summed E-state index contributed by atoms with van der Waals surface area (Å²) < 4.78 is 55.1. The van der Waals surface area contributed by atoms with Gasteiger partial charge in [0.1, 0.15) is 10.7 Å². The Bertz CT molecular complexity index is 1050. The number of para-hydroxylation sites is 1. The summed E-state index contributed by atoms with van der Waals surface area (Å²) in [7, 11) is -1.78. The van der Waals surface area contributed by atoms with Crippen LogP contribution in [-0.2, 0) is 10.1 Å². The van der Waals surface area contributed by atoms with Crippen molar-refractivity contribution >= 4 is 10.1 Å². The molecule has 3 aromatic carbocycles. The summed E-state index contributed by atoms with van der Waals surface area (Å²) in [6.07, 6.45) is 0. The van der Waals surface area contributed by atoms with Crippen molar-refractivity contribution < 1.29 is 26.5 Å². The number of halogens is 1. The number of methoxy groups -OCH3 is 2. The summed E-state index contributed by atoms with van der Waals surface area (Å²) >= 11 is 0. The molecule has 0 saturated carbocycles. The van der Waals surface area contributed by atoms with Crippen LogP contribution in [0.15, 0.2) is 71.6 Å². The molecule has 0 unspecified atom stereocenters. The number of rotatable bonds is 6. The van der Waals surface area contributed by atoms with Crippen LogP contribution in [0.4, 0.5) is 4.39 Å². The van der Waals surface area contributed by atoms with Crippen LogP contribution in [0.1, 0.15) is 0 Å². The molecule has 0 aliphatic rings. The number of ether oxygens (including phenoxy) is 2. The highest BCUT2D eigenvalue weighted by molar-refractivity contribution is 7.87. The lowest BCUT2D eigenvalue weighted by Crippen LogP contribution is -2.13. The fraction of sp³-hybridized carbons (Fsp3) is 0.100. The second kappa shape index (κ2) is 7.67. The maximum absolute atomic E-state index is 14.4. The summed E-state index contributed by atoms with van der Waals surface area (Å²) in [4.78, 5) is -0.636.